The van der Waals surface area contributed by atoms with Gasteiger partial charge >= 0.3 is 18.4 Å². The van der Waals surface area contributed by atoms with Gasteiger partial charge in [0, 0.05) is 25.2 Å². The number of likely N-dealkylation sites (N-methyl/N-ethyl adjacent to an activating group) is 1. The molecule has 3 rings (SSSR count). The first-order valence-corrected chi connectivity index (χ1v) is 13.3. The van der Waals surface area contributed by atoms with Crippen LogP contribution in [-0.4, -0.2) is 59.3 Å². The lowest BCUT2D eigenvalue weighted by molar-refractivity contribution is -0.143. The largest absolute Gasteiger partial charge is 0.465 e. The third-order valence-corrected chi connectivity index (χ3v) is 7.83. The van der Waals surface area contributed by atoms with E-state index in [1.807, 2.05) is 32.6 Å². The molecule has 0 saturated carbocycles. The van der Waals surface area contributed by atoms with Crippen LogP contribution in [0.1, 0.15) is 74.4 Å². The number of carbonyl (C=O) groups is 1. The molecule has 0 aromatic heterocycles. The van der Waals surface area contributed by atoms with Crippen LogP contribution in [0, 0.1) is 12.7 Å². The molecule has 0 bridgehead atoms. The number of benzene rings is 2. The summed E-state index contributed by atoms with van der Waals surface area (Å²) < 4.78 is 91.1. The third kappa shape index (κ3) is 8.57. The van der Waals surface area contributed by atoms with Crippen molar-refractivity contribution in [2.75, 3.05) is 32.7 Å². The molecule has 0 unspecified atom stereocenters. The molecule has 2 N–H and O–H groups in total. The fraction of sp³-hybridized carbons (Fsp3) is 0.552. The number of aryl methyl sites for hydroxylation is 1. The second kappa shape index (κ2) is 13.4. The lowest BCUT2D eigenvalue weighted by Gasteiger charge is -2.42. The Morgan fingerprint density at radius 3 is 2.00 bits per heavy atom. The fourth-order valence-corrected chi connectivity index (χ4v) is 5.17. The molecule has 5 nitrogen and oxygen atoms in total. The van der Waals surface area contributed by atoms with E-state index in [4.69, 9.17) is 5.11 Å². The van der Waals surface area contributed by atoms with Gasteiger partial charge in [-0.3, -0.25) is 9.80 Å². The zero-order valence-corrected chi connectivity index (χ0v) is 24.0. The Morgan fingerprint density at radius 1 is 1.02 bits per heavy atom. The van der Waals surface area contributed by atoms with Gasteiger partial charge < -0.3 is 10.4 Å². The van der Waals surface area contributed by atoms with E-state index in [0.29, 0.717) is 32.7 Å². The summed E-state index contributed by atoms with van der Waals surface area (Å²) >= 11 is 0. The van der Waals surface area contributed by atoms with E-state index in [1.165, 1.54) is 17.0 Å². The summed E-state index contributed by atoms with van der Waals surface area (Å²) in [6, 6.07) is 6.05. The Labute approximate surface area is 236 Å². The highest BCUT2D eigenvalue weighted by Crippen LogP contribution is 2.40. The molecular formula is C29H38F7N3O2. The van der Waals surface area contributed by atoms with Crippen LogP contribution in [0.5, 0.6) is 0 Å². The van der Waals surface area contributed by atoms with Gasteiger partial charge in [-0.25, -0.2) is 9.18 Å². The smallest absolute Gasteiger partial charge is 0.416 e. The summed E-state index contributed by atoms with van der Waals surface area (Å²) in [6.07, 6.45) is -10.6. The highest BCUT2D eigenvalue weighted by molar-refractivity contribution is 5.66. The van der Waals surface area contributed by atoms with Gasteiger partial charge in [-0.2, -0.15) is 26.3 Å². The summed E-state index contributed by atoms with van der Waals surface area (Å²) in [5.41, 5.74) is -1.44. The van der Waals surface area contributed by atoms with Crippen LogP contribution in [0.2, 0.25) is 0 Å². The van der Waals surface area contributed by atoms with Gasteiger partial charge in [0.05, 0.1) is 17.2 Å². The summed E-state index contributed by atoms with van der Waals surface area (Å²) in [7, 11) is 0. The fourth-order valence-electron chi connectivity index (χ4n) is 5.17. The molecule has 230 valence electrons. The maximum atomic E-state index is 13.0. The minimum absolute atomic E-state index is 0.0362. The number of carboxylic acid groups (broad SMARTS) is 1. The van der Waals surface area contributed by atoms with Gasteiger partial charge in [0.15, 0.2) is 0 Å². The predicted octanol–water partition coefficient (Wildman–Crippen LogP) is 7.71. The number of amides is 1. The van der Waals surface area contributed by atoms with E-state index in [2.05, 4.69) is 5.32 Å². The molecule has 0 aliphatic carbocycles. The normalized spacial score (nSPS) is 17.2. The topological polar surface area (TPSA) is 55.8 Å². The molecule has 1 saturated heterocycles. The zero-order valence-electron chi connectivity index (χ0n) is 24.0. The Balaban J connectivity index is 0.000000303. The van der Waals surface area contributed by atoms with Crippen molar-refractivity contribution >= 4 is 6.09 Å². The molecule has 1 amide bonds. The molecule has 1 heterocycles. The van der Waals surface area contributed by atoms with E-state index in [0.717, 1.165) is 23.3 Å². The number of alkyl halides is 6. The zero-order chi connectivity index (χ0) is 31.3. The van der Waals surface area contributed by atoms with E-state index >= 15 is 0 Å². The van der Waals surface area contributed by atoms with E-state index in [-0.39, 0.29) is 23.5 Å². The Bertz CT molecular complexity index is 1150. The molecule has 41 heavy (non-hydrogen) atoms. The van der Waals surface area contributed by atoms with Crippen molar-refractivity contribution in [3.05, 3.63) is 70.0 Å². The Kier molecular flexibility index (Phi) is 11.2. The SMILES string of the molecule is CCN(CC)C(C)(C)[C@H](C)c1cc(C(F)(F)F)cc(C(F)(F)F)c1.Cc1cc(F)ccc1[C@H]1CNCCN1C(=O)O. The van der Waals surface area contributed by atoms with Gasteiger partial charge in [-0.05, 0) is 86.8 Å². The maximum Gasteiger partial charge on any atom is 0.416 e. The summed E-state index contributed by atoms with van der Waals surface area (Å²) in [5.74, 6) is -0.808. The molecule has 2 atom stereocenters. The van der Waals surface area contributed by atoms with Crippen molar-refractivity contribution in [1.82, 2.24) is 15.1 Å². The molecule has 12 heteroatoms. The van der Waals surface area contributed by atoms with Crippen LogP contribution < -0.4 is 5.32 Å². The van der Waals surface area contributed by atoms with Crippen molar-refractivity contribution in [1.29, 1.82) is 0 Å². The number of hydrogen-bond donors (Lipinski definition) is 2. The minimum atomic E-state index is -4.82. The summed E-state index contributed by atoms with van der Waals surface area (Å²) in [5, 5.41) is 12.3. The van der Waals surface area contributed by atoms with Gasteiger partial charge in [-0.1, -0.05) is 26.8 Å². The molecule has 1 aliphatic rings. The third-order valence-electron chi connectivity index (χ3n) is 7.83. The predicted molar refractivity (Wildman–Crippen MR) is 143 cm³/mol. The lowest BCUT2D eigenvalue weighted by atomic mass is 9.80. The van der Waals surface area contributed by atoms with Gasteiger partial charge in [0.25, 0.3) is 0 Å². The highest BCUT2D eigenvalue weighted by Gasteiger charge is 2.39. The van der Waals surface area contributed by atoms with E-state index in [9.17, 15) is 35.5 Å². The second-order valence-electron chi connectivity index (χ2n) is 10.6. The van der Waals surface area contributed by atoms with Crippen molar-refractivity contribution in [2.24, 2.45) is 0 Å². The van der Waals surface area contributed by atoms with Crippen LogP contribution in [0.25, 0.3) is 0 Å². The van der Waals surface area contributed by atoms with Crippen molar-refractivity contribution in [3.63, 3.8) is 0 Å². The van der Waals surface area contributed by atoms with Crippen molar-refractivity contribution in [2.45, 2.75) is 71.4 Å². The highest BCUT2D eigenvalue weighted by atomic mass is 19.4. The maximum absolute atomic E-state index is 13.0. The Morgan fingerprint density at radius 2 is 1.56 bits per heavy atom. The first kappa shape index (κ1) is 34.3. The standard InChI is InChI=1S/C17H23F6N.C12H15FN2O2/c1-6-24(7-2)15(4,5)11(3)12-8-13(16(18,19)20)10-14(9-12)17(21,22)23;1-8-6-9(13)2-3-10(8)11-7-14-4-5-15(11)12(16)17/h8-11H,6-7H2,1-5H3;2-3,6,11,14H,4-5,7H2,1H3,(H,16,17)/t2*11-/m11/s1. The van der Waals surface area contributed by atoms with E-state index in [1.54, 1.807) is 19.9 Å². The second-order valence-corrected chi connectivity index (χ2v) is 10.6. The quantitative estimate of drug-likeness (QED) is 0.337. The van der Waals surface area contributed by atoms with E-state index < -0.39 is 41.0 Å². The summed E-state index contributed by atoms with van der Waals surface area (Å²) in [4.78, 5) is 14.6. The van der Waals surface area contributed by atoms with Crippen LogP contribution in [0.4, 0.5) is 35.5 Å². The summed E-state index contributed by atoms with van der Waals surface area (Å²) in [6.45, 7) is 13.9. The average molecular weight is 594 g/mol. The first-order valence-electron chi connectivity index (χ1n) is 13.3. The molecule has 2 aromatic carbocycles. The van der Waals surface area contributed by atoms with Crippen molar-refractivity contribution < 1.29 is 40.6 Å². The molecule has 0 spiro atoms. The number of hydrogen-bond acceptors (Lipinski definition) is 3. The molecular weight excluding hydrogens is 555 g/mol. The van der Waals surface area contributed by atoms with Gasteiger partial charge in [0.2, 0.25) is 0 Å². The van der Waals surface area contributed by atoms with Crippen LogP contribution >= 0.6 is 0 Å². The van der Waals surface area contributed by atoms with Crippen LogP contribution in [-0.2, 0) is 12.4 Å². The minimum Gasteiger partial charge on any atom is -0.465 e. The molecule has 1 fully saturated rings. The van der Waals surface area contributed by atoms with Crippen LogP contribution in [0.3, 0.4) is 0 Å². The number of nitrogens with one attached hydrogen (secondary N) is 1. The van der Waals surface area contributed by atoms with Gasteiger partial charge in [0.1, 0.15) is 5.82 Å². The first-order chi connectivity index (χ1) is 18.8. The monoisotopic (exact) mass is 593 g/mol. The van der Waals surface area contributed by atoms with Gasteiger partial charge in [-0.15, -0.1) is 0 Å². The molecule has 0 radical (unpaired) electrons. The van der Waals surface area contributed by atoms with Crippen LogP contribution in [0.15, 0.2) is 36.4 Å². The molecule has 1 aliphatic heterocycles. The molecule has 2 aromatic rings. The number of piperazine rings is 1. The Hall–Kier alpha value is -2.86. The number of nitrogens with zero attached hydrogens (tertiary/aromatic N) is 2. The lowest BCUT2D eigenvalue weighted by Crippen LogP contribution is -2.48. The number of halogens is 7. The average Bonchev–Trinajstić information content (AvgIpc) is 2.88. The number of rotatable bonds is 6. The van der Waals surface area contributed by atoms with Crippen molar-refractivity contribution in [3.8, 4) is 0 Å².